The molecule has 2 aromatic carbocycles. The van der Waals surface area contributed by atoms with Crippen LogP contribution in [0.1, 0.15) is 11.1 Å². The number of aromatic nitrogens is 1. The summed E-state index contributed by atoms with van der Waals surface area (Å²) >= 11 is 0. The maximum atomic E-state index is 14.2. The van der Waals surface area contributed by atoms with E-state index in [0.717, 1.165) is 19.4 Å². The minimum atomic E-state index is -4.04. The first kappa shape index (κ1) is 24.8. The average Bonchev–Trinajstić information content (AvgIpc) is 3.35. The van der Waals surface area contributed by atoms with Crippen molar-refractivity contribution >= 4 is 51.0 Å². The zero-order valence-electron chi connectivity index (χ0n) is 19.4. The summed E-state index contributed by atoms with van der Waals surface area (Å²) in [7, 11) is -6.50. The molecule has 1 aliphatic heterocycles. The lowest BCUT2D eigenvalue weighted by atomic mass is 10.1. The maximum Gasteiger partial charge on any atom is 0.348 e. The van der Waals surface area contributed by atoms with Crippen LogP contribution in [0.15, 0.2) is 69.0 Å². The van der Waals surface area contributed by atoms with Crippen LogP contribution in [0.5, 0.6) is 5.75 Å². The first-order valence-corrected chi connectivity index (χ1v) is 14.2. The normalized spacial score (nSPS) is 17.2. The van der Waals surface area contributed by atoms with Gasteiger partial charge in [0.2, 0.25) is 10.0 Å². The van der Waals surface area contributed by atoms with Crippen LogP contribution in [0, 0.1) is 5.82 Å². The Morgan fingerprint density at radius 2 is 2.03 bits per heavy atom. The number of hydrogen-bond donors (Lipinski definition) is 3. The molecular formula is C23H20FN4O7PS. The number of pyridine rings is 1. The van der Waals surface area contributed by atoms with Gasteiger partial charge in [0.25, 0.3) is 5.56 Å². The van der Waals surface area contributed by atoms with E-state index in [1.54, 1.807) is 6.07 Å². The number of nitrogens with one attached hydrogen (secondary N) is 2. The van der Waals surface area contributed by atoms with Crippen molar-refractivity contribution in [1.29, 1.82) is 0 Å². The Morgan fingerprint density at radius 3 is 2.70 bits per heavy atom. The molecule has 0 saturated carbocycles. The molecule has 5 rings (SSSR count). The Kier molecular flexibility index (Phi) is 5.94. The molecule has 3 N–H and O–H groups in total. The lowest BCUT2D eigenvalue weighted by Crippen LogP contribution is -2.33. The van der Waals surface area contributed by atoms with Gasteiger partial charge in [-0.15, -0.1) is 0 Å². The Morgan fingerprint density at radius 1 is 1.24 bits per heavy atom. The van der Waals surface area contributed by atoms with E-state index in [1.165, 1.54) is 47.4 Å². The van der Waals surface area contributed by atoms with Gasteiger partial charge in [0.05, 0.1) is 41.8 Å². The fourth-order valence-electron chi connectivity index (χ4n) is 4.09. The third-order valence-corrected chi connectivity index (χ3v) is 8.24. The summed E-state index contributed by atoms with van der Waals surface area (Å²) in [4.78, 5) is 13.7. The predicted molar refractivity (Wildman–Crippen MR) is 137 cm³/mol. The van der Waals surface area contributed by atoms with E-state index in [4.69, 9.17) is 8.94 Å². The number of halogens is 1. The number of furan rings is 1. The van der Waals surface area contributed by atoms with Crippen molar-refractivity contribution in [2.24, 2.45) is 4.76 Å². The van der Waals surface area contributed by atoms with E-state index in [2.05, 4.69) is 14.8 Å². The van der Waals surface area contributed by atoms with Gasteiger partial charge in [-0.25, -0.2) is 12.8 Å². The van der Waals surface area contributed by atoms with Gasteiger partial charge >= 0.3 is 7.52 Å². The standard InChI is InChI=1S/C23H20FN4O7PS/c1-34-36(31)19-10-15(27-37(2,32)33)4-5-17(19)25-22(26-36)20-21(29)16-9-14(24)3-6-18(16)28(23(20)30)11-13-7-8-35-12-13/h3-10,12,27,29H,11H2,1-2H3,(H,25,26,31). The molecular weight excluding hydrogens is 526 g/mol. The molecule has 3 heterocycles. The number of benzene rings is 2. The Labute approximate surface area is 209 Å². The van der Waals surface area contributed by atoms with Gasteiger partial charge in [-0.05, 0) is 42.5 Å². The van der Waals surface area contributed by atoms with Crippen molar-refractivity contribution < 1.29 is 31.4 Å². The van der Waals surface area contributed by atoms with Gasteiger partial charge in [-0.2, -0.15) is 4.76 Å². The maximum absolute atomic E-state index is 14.2. The summed E-state index contributed by atoms with van der Waals surface area (Å²) in [5.41, 5.74) is 0.214. The lowest BCUT2D eigenvalue weighted by molar-refractivity contribution is 0.404. The zero-order chi connectivity index (χ0) is 26.5. The van der Waals surface area contributed by atoms with Crippen LogP contribution >= 0.6 is 7.52 Å². The molecule has 11 nitrogen and oxygen atoms in total. The van der Waals surface area contributed by atoms with Gasteiger partial charge in [0.1, 0.15) is 17.1 Å². The minimum Gasteiger partial charge on any atom is -0.506 e. The van der Waals surface area contributed by atoms with Gasteiger partial charge in [0.15, 0.2) is 5.84 Å². The Bertz CT molecular complexity index is 1800. The average molecular weight is 546 g/mol. The molecule has 0 amide bonds. The zero-order valence-corrected chi connectivity index (χ0v) is 21.1. The summed E-state index contributed by atoms with van der Waals surface area (Å²) < 4.78 is 69.2. The van der Waals surface area contributed by atoms with Crippen molar-refractivity contribution in [3.8, 4) is 5.75 Å². The van der Waals surface area contributed by atoms with Crippen molar-refractivity contribution in [2.45, 2.75) is 6.54 Å². The van der Waals surface area contributed by atoms with E-state index in [0.29, 0.717) is 5.56 Å². The second-order valence-electron chi connectivity index (χ2n) is 8.29. The molecule has 14 heteroatoms. The molecule has 0 fully saturated rings. The van der Waals surface area contributed by atoms with Crippen molar-refractivity contribution in [2.75, 3.05) is 23.4 Å². The minimum absolute atomic E-state index is 0.0355. The Hall–Kier alpha value is -3.93. The van der Waals surface area contributed by atoms with Gasteiger partial charge < -0.3 is 23.9 Å². The van der Waals surface area contributed by atoms with Crippen molar-refractivity contribution in [3.05, 3.63) is 82.3 Å². The molecule has 1 aliphatic rings. The predicted octanol–water partition coefficient (Wildman–Crippen LogP) is 3.20. The van der Waals surface area contributed by atoms with E-state index in [9.17, 15) is 27.3 Å². The number of rotatable bonds is 6. The highest BCUT2D eigenvalue weighted by molar-refractivity contribution is 7.92. The number of nitrogens with zero attached hydrogens (tertiary/aromatic N) is 2. The molecule has 0 aliphatic carbocycles. The topological polar surface area (TPSA) is 152 Å². The second kappa shape index (κ2) is 8.87. The van der Waals surface area contributed by atoms with E-state index >= 15 is 0 Å². The molecule has 0 saturated heterocycles. The molecule has 1 atom stereocenters. The molecule has 2 aromatic heterocycles. The number of amidine groups is 1. The van der Waals surface area contributed by atoms with E-state index < -0.39 is 34.7 Å². The van der Waals surface area contributed by atoms with Gasteiger partial charge in [0, 0.05) is 23.7 Å². The monoisotopic (exact) mass is 546 g/mol. The van der Waals surface area contributed by atoms with Crippen LogP contribution in [-0.2, 0) is 25.7 Å². The molecule has 1 unspecified atom stereocenters. The number of fused-ring (bicyclic) bond motifs is 2. The number of hydrogen-bond acceptors (Lipinski definition) is 8. The smallest absolute Gasteiger partial charge is 0.348 e. The third kappa shape index (κ3) is 4.52. The molecule has 0 radical (unpaired) electrons. The third-order valence-electron chi connectivity index (χ3n) is 5.70. The lowest BCUT2D eigenvalue weighted by Gasteiger charge is -2.25. The molecule has 37 heavy (non-hydrogen) atoms. The Balaban J connectivity index is 1.72. The molecule has 0 spiro atoms. The first-order chi connectivity index (χ1) is 17.5. The number of anilines is 2. The highest BCUT2D eigenvalue weighted by Gasteiger charge is 2.35. The quantitative estimate of drug-likeness (QED) is 0.312. The summed E-state index contributed by atoms with van der Waals surface area (Å²) in [5.74, 6) is -1.45. The highest BCUT2D eigenvalue weighted by Crippen LogP contribution is 2.52. The summed E-state index contributed by atoms with van der Waals surface area (Å²) in [6.45, 7) is 0.0388. The highest BCUT2D eigenvalue weighted by atomic mass is 32.2. The van der Waals surface area contributed by atoms with E-state index in [1.807, 2.05) is 0 Å². The van der Waals surface area contributed by atoms with Crippen LogP contribution in [0.3, 0.4) is 0 Å². The fourth-order valence-corrected chi connectivity index (χ4v) is 6.18. The summed E-state index contributed by atoms with van der Waals surface area (Å²) in [5, 5.41) is 14.1. The number of sulfonamides is 1. The van der Waals surface area contributed by atoms with Crippen LogP contribution in [0.2, 0.25) is 0 Å². The number of aromatic hydroxyl groups is 1. The first-order valence-electron chi connectivity index (χ1n) is 10.7. The van der Waals surface area contributed by atoms with Crippen molar-refractivity contribution in [1.82, 2.24) is 4.57 Å². The van der Waals surface area contributed by atoms with Gasteiger partial charge in [-0.3, -0.25) is 14.1 Å². The largest absolute Gasteiger partial charge is 0.506 e. The summed E-state index contributed by atoms with van der Waals surface area (Å²) in [6.07, 6.45) is 3.86. The van der Waals surface area contributed by atoms with Crippen LogP contribution in [0.4, 0.5) is 15.8 Å². The van der Waals surface area contributed by atoms with Crippen molar-refractivity contribution in [3.63, 3.8) is 0 Å². The SMILES string of the molecule is COP1(=O)N=C(c2c(O)c3cc(F)ccc3n(Cc3ccoc3)c2=O)Nc2ccc(NS(C)(=O)=O)cc21. The van der Waals surface area contributed by atoms with Crippen LogP contribution < -0.4 is 20.9 Å². The fraction of sp³-hybridized carbons (Fsp3) is 0.130. The molecule has 4 aromatic rings. The molecule has 0 bridgehead atoms. The van der Waals surface area contributed by atoms with Crippen LogP contribution in [0.25, 0.3) is 10.9 Å². The van der Waals surface area contributed by atoms with E-state index in [-0.39, 0.29) is 45.5 Å². The van der Waals surface area contributed by atoms with Gasteiger partial charge in [-0.1, -0.05) is 0 Å². The summed E-state index contributed by atoms with van der Waals surface area (Å²) in [6, 6.07) is 9.43. The van der Waals surface area contributed by atoms with Crippen LogP contribution in [-0.4, -0.2) is 37.3 Å². The molecule has 192 valence electrons. The second-order valence-corrected chi connectivity index (χ2v) is 12.1.